The van der Waals surface area contributed by atoms with Gasteiger partial charge in [-0.2, -0.15) is 0 Å². The second-order valence-corrected chi connectivity index (χ2v) is 14.0. The van der Waals surface area contributed by atoms with Crippen LogP contribution in [0, 0.1) is 0 Å². The first kappa shape index (κ1) is 18.9. The summed E-state index contributed by atoms with van der Waals surface area (Å²) < 4.78 is 13.6. The van der Waals surface area contributed by atoms with Gasteiger partial charge in [0.15, 0.2) is 8.32 Å². The van der Waals surface area contributed by atoms with Crippen molar-refractivity contribution >= 4 is 8.32 Å². The maximum absolute atomic E-state index is 6.87. The van der Waals surface area contributed by atoms with Crippen molar-refractivity contribution in [3.63, 3.8) is 0 Å². The lowest BCUT2D eigenvalue weighted by molar-refractivity contribution is 0.161. The van der Waals surface area contributed by atoms with E-state index in [-0.39, 0.29) is 5.60 Å². The Morgan fingerprint density at radius 1 is 0.862 bits per heavy atom. The van der Waals surface area contributed by atoms with Gasteiger partial charge in [-0.05, 0) is 62.9 Å². The van der Waals surface area contributed by atoms with Gasteiger partial charge in [0.2, 0.25) is 0 Å². The molecule has 1 aromatic heterocycles. The molecule has 2 aliphatic carbocycles. The van der Waals surface area contributed by atoms with E-state index in [0.29, 0.717) is 5.92 Å². The molecule has 2 aliphatic rings. The molecule has 0 bridgehead atoms. The first-order chi connectivity index (χ1) is 14.0. The average Bonchev–Trinajstić information content (AvgIpc) is 3.30. The zero-order chi connectivity index (χ0) is 20.1. The molecule has 0 spiro atoms. The molecule has 150 valence electrons. The molecule has 5 rings (SSSR count). The largest absolute Gasteiger partial charge is 0.460 e. The molecule has 29 heavy (non-hydrogen) atoms. The molecule has 1 heterocycles. The van der Waals surface area contributed by atoms with Crippen LogP contribution in [0.15, 0.2) is 65.1 Å². The van der Waals surface area contributed by atoms with Crippen molar-refractivity contribution in [1.82, 2.24) is 0 Å². The van der Waals surface area contributed by atoms with E-state index in [4.69, 9.17) is 8.84 Å². The molecule has 2 aromatic carbocycles. The van der Waals surface area contributed by atoms with Crippen LogP contribution < -0.4 is 0 Å². The fraction of sp³-hybridized carbons (Fsp3) is 0.385. The monoisotopic (exact) mass is 402 g/mol. The van der Waals surface area contributed by atoms with Crippen molar-refractivity contribution < 1.29 is 8.84 Å². The molecule has 0 saturated heterocycles. The van der Waals surface area contributed by atoms with Crippen LogP contribution in [0.1, 0.15) is 47.6 Å². The Bertz CT molecular complexity index is 1000. The molecule has 0 N–H and O–H groups in total. The van der Waals surface area contributed by atoms with Crippen LogP contribution in [0.3, 0.4) is 0 Å². The Morgan fingerprint density at radius 2 is 1.48 bits per heavy atom. The minimum Gasteiger partial charge on any atom is -0.460 e. The lowest BCUT2D eigenvalue weighted by Gasteiger charge is -2.28. The molecule has 3 heteroatoms. The number of furan rings is 1. The summed E-state index contributed by atoms with van der Waals surface area (Å²) in [6, 6.07) is 21.4. The van der Waals surface area contributed by atoms with Crippen LogP contribution in [0.5, 0.6) is 0 Å². The summed E-state index contributed by atoms with van der Waals surface area (Å²) in [7, 11) is -1.72. The van der Waals surface area contributed by atoms with Gasteiger partial charge in [-0.15, -0.1) is 0 Å². The molecular weight excluding hydrogens is 372 g/mol. The fourth-order valence-electron chi connectivity index (χ4n) is 5.07. The molecule has 2 atom stereocenters. The molecule has 2 nitrogen and oxygen atoms in total. The minimum atomic E-state index is -1.72. The number of rotatable bonds is 5. The van der Waals surface area contributed by atoms with Crippen molar-refractivity contribution in [3.05, 3.63) is 83.1 Å². The highest BCUT2D eigenvalue weighted by Crippen LogP contribution is 2.64. The Morgan fingerprint density at radius 3 is 2.14 bits per heavy atom. The first-order valence-electron chi connectivity index (χ1n) is 10.9. The summed E-state index contributed by atoms with van der Waals surface area (Å²) in [5.74, 6) is 2.61. The predicted molar refractivity (Wildman–Crippen MR) is 121 cm³/mol. The Balaban J connectivity index is 1.60. The lowest BCUT2D eigenvalue weighted by Crippen LogP contribution is -2.33. The molecule has 0 aliphatic heterocycles. The van der Waals surface area contributed by atoms with E-state index in [9.17, 15) is 0 Å². The summed E-state index contributed by atoms with van der Waals surface area (Å²) >= 11 is 0. The van der Waals surface area contributed by atoms with Crippen molar-refractivity contribution in [2.24, 2.45) is 0 Å². The second-order valence-electron chi connectivity index (χ2n) is 9.55. The van der Waals surface area contributed by atoms with Crippen LogP contribution >= 0.6 is 0 Å². The standard InChI is InChI=1S/C26H30O2Si/c1-29(2,3)28-26(20-14-8-5-9-15-20)18-23(26)25-22-17-11-10-16-21(22)24(27-25)19-12-6-4-7-13-19/h4-9,12-15,23H,10-11,16-18H2,1-3H3. The molecule has 2 unspecified atom stereocenters. The lowest BCUT2D eigenvalue weighted by atomic mass is 9.89. The van der Waals surface area contributed by atoms with E-state index in [1.165, 1.54) is 40.9 Å². The maximum atomic E-state index is 6.87. The third-order valence-electron chi connectivity index (χ3n) is 6.26. The van der Waals surface area contributed by atoms with Gasteiger partial charge in [-0.25, -0.2) is 0 Å². The summed E-state index contributed by atoms with van der Waals surface area (Å²) in [5.41, 5.74) is 5.20. The van der Waals surface area contributed by atoms with Gasteiger partial charge < -0.3 is 8.84 Å². The summed E-state index contributed by atoms with van der Waals surface area (Å²) in [5, 5.41) is 0. The topological polar surface area (TPSA) is 22.4 Å². The number of fused-ring (bicyclic) bond motifs is 1. The number of benzene rings is 2. The molecule has 1 fully saturated rings. The van der Waals surface area contributed by atoms with Crippen LogP contribution in [-0.4, -0.2) is 8.32 Å². The molecule has 1 saturated carbocycles. The van der Waals surface area contributed by atoms with Gasteiger partial charge in [-0.3, -0.25) is 0 Å². The Hall–Kier alpha value is -2.10. The molecule has 0 amide bonds. The third-order valence-corrected chi connectivity index (χ3v) is 7.24. The van der Waals surface area contributed by atoms with Gasteiger partial charge in [-0.1, -0.05) is 60.7 Å². The predicted octanol–water partition coefficient (Wildman–Crippen LogP) is 7.06. The number of hydrogen-bond donors (Lipinski definition) is 0. The first-order valence-corrected chi connectivity index (χ1v) is 14.3. The second kappa shape index (κ2) is 7.00. The molecular formula is C26H30O2Si. The SMILES string of the molecule is C[Si](C)(C)OC1(c2ccccc2)CC1c1oc(-c2ccccc2)c2c1CCCC2. The summed E-state index contributed by atoms with van der Waals surface area (Å²) in [6.45, 7) is 6.88. The zero-order valence-corrected chi connectivity index (χ0v) is 18.7. The Labute approximate surface area is 175 Å². The highest BCUT2D eigenvalue weighted by atomic mass is 28.4. The molecule has 3 aromatic rings. The van der Waals surface area contributed by atoms with Crippen molar-refractivity contribution in [2.45, 2.75) is 63.3 Å². The van der Waals surface area contributed by atoms with E-state index in [0.717, 1.165) is 25.0 Å². The van der Waals surface area contributed by atoms with Crippen LogP contribution in [0.2, 0.25) is 19.6 Å². The van der Waals surface area contributed by atoms with Crippen LogP contribution in [-0.2, 0) is 22.9 Å². The third kappa shape index (κ3) is 3.41. The van der Waals surface area contributed by atoms with E-state index >= 15 is 0 Å². The fourth-order valence-corrected chi connectivity index (χ4v) is 6.51. The van der Waals surface area contributed by atoms with Crippen molar-refractivity contribution in [1.29, 1.82) is 0 Å². The van der Waals surface area contributed by atoms with Gasteiger partial charge >= 0.3 is 0 Å². The van der Waals surface area contributed by atoms with Gasteiger partial charge in [0.1, 0.15) is 11.5 Å². The normalized spacial score (nSPS) is 23.6. The van der Waals surface area contributed by atoms with Crippen LogP contribution in [0.4, 0.5) is 0 Å². The van der Waals surface area contributed by atoms with Crippen molar-refractivity contribution in [2.75, 3.05) is 0 Å². The van der Waals surface area contributed by atoms with Gasteiger partial charge in [0.05, 0.1) is 11.5 Å². The quantitative estimate of drug-likeness (QED) is 0.426. The van der Waals surface area contributed by atoms with E-state index in [1.807, 2.05) is 0 Å². The Kier molecular flexibility index (Phi) is 4.56. The van der Waals surface area contributed by atoms with E-state index < -0.39 is 8.32 Å². The summed E-state index contributed by atoms with van der Waals surface area (Å²) in [4.78, 5) is 0. The zero-order valence-electron chi connectivity index (χ0n) is 17.7. The minimum absolute atomic E-state index is 0.219. The highest BCUT2D eigenvalue weighted by Gasteiger charge is 2.61. The van der Waals surface area contributed by atoms with Crippen molar-refractivity contribution in [3.8, 4) is 11.3 Å². The highest BCUT2D eigenvalue weighted by molar-refractivity contribution is 6.69. The van der Waals surface area contributed by atoms with Crippen LogP contribution in [0.25, 0.3) is 11.3 Å². The number of hydrogen-bond acceptors (Lipinski definition) is 2. The smallest absolute Gasteiger partial charge is 0.185 e. The molecule has 0 radical (unpaired) electrons. The van der Waals surface area contributed by atoms with Gasteiger partial charge in [0.25, 0.3) is 0 Å². The van der Waals surface area contributed by atoms with E-state index in [1.54, 1.807) is 0 Å². The summed E-state index contributed by atoms with van der Waals surface area (Å²) in [6.07, 6.45) is 5.80. The van der Waals surface area contributed by atoms with Gasteiger partial charge in [0, 0.05) is 11.1 Å². The average molecular weight is 403 g/mol. The maximum Gasteiger partial charge on any atom is 0.185 e. The van der Waals surface area contributed by atoms with E-state index in [2.05, 4.69) is 80.3 Å².